The Labute approximate surface area is 135 Å². The molecule has 1 fully saturated rings. The summed E-state index contributed by atoms with van der Waals surface area (Å²) in [5.41, 5.74) is 7.41. The number of carbonyl (C=O) groups excluding carboxylic acids is 1. The molecule has 0 bridgehead atoms. The van der Waals surface area contributed by atoms with Crippen LogP contribution >= 0.6 is 0 Å². The fourth-order valence-electron chi connectivity index (χ4n) is 3.17. The van der Waals surface area contributed by atoms with Gasteiger partial charge in [0.2, 0.25) is 0 Å². The van der Waals surface area contributed by atoms with E-state index in [2.05, 4.69) is 15.1 Å². The third-order valence-electron chi connectivity index (χ3n) is 4.41. The number of aromatic amines is 1. The zero-order chi connectivity index (χ0) is 16.2. The van der Waals surface area contributed by atoms with E-state index in [1.165, 1.54) is 0 Å². The number of H-pyrrole nitrogens is 1. The van der Waals surface area contributed by atoms with Crippen molar-refractivity contribution >= 4 is 5.91 Å². The van der Waals surface area contributed by atoms with Crippen molar-refractivity contribution in [3.8, 4) is 0 Å². The van der Waals surface area contributed by atoms with E-state index in [4.69, 9.17) is 5.73 Å². The Morgan fingerprint density at radius 3 is 2.91 bits per heavy atom. The van der Waals surface area contributed by atoms with Crippen LogP contribution in [0.3, 0.4) is 0 Å². The van der Waals surface area contributed by atoms with Crippen LogP contribution in [0.2, 0.25) is 0 Å². The van der Waals surface area contributed by atoms with Gasteiger partial charge >= 0.3 is 0 Å². The Balaban J connectivity index is 1.62. The minimum Gasteiger partial charge on any atom is -0.387 e. The average Bonchev–Trinajstić information content (AvgIpc) is 3.06. The predicted molar refractivity (Wildman–Crippen MR) is 86.9 cm³/mol. The van der Waals surface area contributed by atoms with Crippen molar-refractivity contribution in [3.63, 3.8) is 0 Å². The molecule has 0 aliphatic carbocycles. The molecule has 0 spiro atoms. The summed E-state index contributed by atoms with van der Waals surface area (Å²) in [4.78, 5) is 13.4. The maximum Gasteiger partial charge on any atom is 0.269 e. The van der Waals surface area contributed by atoms with Crippen LogP contribution in [0.5, 0.6) is 0 Å². The molecule has 0 radical (unpaired) electrons. The van der Waals surface area contributed by atoms with Gasteiger partial charge in [-0.3, -0.25) is 14.8 Å². The second kappa shape index (κ2) is 6.93. The molecule has 2 aromatic rings. The number of nitrogens with one attached hydrogen (secondary N) is 1. The highest BCUT2D eigenvalue weighted by Gasteiger charge is 2.25. The number of likely N-dealkylation sites (tertiary alicyclic amines) is 1. The average molecular weight is 314 g/mol. The molecular formula is C17H22N4O2. The summed E-state index contributed by atoms with van der Waals surface area (Å²) in [7, 11) is 0. The number of aliphatic hydroxyl groups excluding tert-OH is 1. The number of primary amides is 1. The van der Waals surface area contributed by atoms with Gasteiger partial charge in [0.15, 0.2) is 0 Å². The molecule has 1 saturated heterocycles. The van der Waals surface area contributed by atoms with E-state index in [9.17, 15) is 9.90 Å². The first-order chi connectivity index (χ1) is 11.1. The molecule has 4 N–H and O–H groups in total. The van der Waals surface area contributed by atoms with Gasteiger partial charge in [-0.15, -0.1) is 0 Å². The van der Waals surface area contributed by atoms with Gasteiger partial charge in [0, 0.05) is 24.7 Å². The molecular weight excluding hydrogens is 292 g/mol. The van der Waals surface area contributed by atoms with Crippen LogP contribution in [0.15, 0.2) is 36.4 Å². The lowest BCUT2D eigenvalue weighted by molar-refractivity contribution is 0.0950. The van der Waals surface area contributed by atoms with E-state index < -0.39 is 12.0 Å². The maximum atomic E-state index is 11.2. The quantitative estimate of drug-likeness (QED) is 0.778. The van der Waals surface area contributed by atoms with E-state index in [0.29, 0.717) is 6.54 Å². The Bertz CT molecular complexity index is 656. The first kappa shape index (κ1) is 15.7. The largest absolute Gasteiger partial charge is 0.387 e. The monoisotopic (exact) mass is 314 g/mol. The molecule has 3 rings (SSSR count). The van der Waals surface area contributed by atoms with Crippen LogP contribution in [-0.4, -0.2) is 45.7 Å². The second-order valence-electron chi connectivity index (χ2n) is 6.10. The molecule has 0 saturated carbocycles. The highest BCUT2D eigenvalue weighted by atomic mass is 16.3. The molecule has 2 atom stereocenters. The summed E-state index contributed by atoms with van der Waals surface area (Å²) in [6, 6.07) is 11.5. The van der Waals surface area contributed by atoms with Crippen LogP contribution in [0, 0.1) is 0 Å². The van der Waals surface area contributed by atoms with Gasteiger partial charge in [-0.2, -0.15) is 5.10 Å². The number of hydrogen-bond acceptors (Lipinski definition) is 4. The van der Waals surface area contributed by atoms with Gasteiger partial charge in [-0.25, -0.2) is 0 Å². The molecule has 6 heteroatoms. The number of nitrogens with two attached hydrogens (primary N) is 1. The number of benzene rings is 1. The number of aromatic nitrogens is 2. The lowest BCUT2D eigenvalue weighted by atomic mass is 9.94. The van der Waals surface area contributed by atoms with Crippen molar-refractivity contribution in [3.05, 3.63) is 53.3 Å². The van der Waals surface area contributed by atoms with Crippen LogP contribution in [0.25, 0.3) is 0 Å². The molecule has 122 valence electrons. The van der Waals surface area contributed by atoms with Gasteiger partial charge in [0.25, 0.3) is 5.91 Å². The van der Waals surface area contributed by atoms with Gasteiger partial charge in [-0.05, 0) is 31.0 Å². The fraction of sp³-hybridized carbons (Fsp3) is 0.412. The van der Waals surface area contributed by atoms with E-state index in [-0.39, 0.29) is 11.6 Å². The Kier molecular flexibility index (Phi) is 4.73. The van der Waals surface area contributed by atoms with Gasteiger partial charge < -0.3 is 10.8 Å². The Hall–Kier alpha value is -2.18. The number of piperidine rings is 1. The third kappa shape index (κ3) is 3.78. The number of rotatable bonds is 5. The SMILES string of the molecule is NC(=O)c1cc([C@H]2CCCN(C[C@@H](O)c3ccccc3)C2)[nH]n1. The summed E-state index contributed by atoms with van der Waals surface area (Å²) in [6.07, 6.45) is 1.60. The standard InChI is InChI=1S/C17H22N4O2/c18-17(23)15-9-14(19-20-15)13-7-4-8-21(10-13)11-16(22)12-5-2-1-3-6-12/h1-3,5-6,9,13,16,22H,4,7-8,10-11H2,(H2,18,23)(H,19,20)/t13-,16+/m0/s1. The number of hydrogen-bond donors (Lipinski definition) is 3. The van der Waals surface area contributed by atoms with E-state index in [1.54, 1.807) is 6.07 Å². The van der Waals surface area contributed by atoms with Crippen LogP contribution < -0.4 is 5.73 Å². The van der Waals surface area contributed by atoms with Crippen molar-refractivity contribution < 1.29 is 9.90 Å². The minimum atomic E-state index is -0.514. The molecule has 1 aliphatic heterocycles. The first-order valence-electron chi connectivity index (χ1n) is 7.94. The summed E-state index contributed by atoms with van der Waals surface area (Å²) in [5.74, 6) is -0.230. The number of aliphatic hydroxyl groups is 1. The zero-order valence-corrected chi connectivity index (χ0v) is 13.0. The minimum absolute atomic E-state index is 0.279. The molecule has 1 aliphatic rings. The second-order valence-corrected chi connectivity index (χ2v) is 6.10. The molecule has 1 aromatic carbocycles. The molecule has 1 amide bonds. The normalized spacial score (nSPS) is 20.3. The number of carbonyl (C=O) groups is 1. The lowest BCUT2D eigenvalue weighted by Crippen LogP contribution is -2.37. The van der Waals surface area contributed by atoms with Gasteiger partial charge in [0.05, 0.1) is 6.10 Å². The van der Waals surface area contributed by atoms with E-state index in [0.717, 1.165) is 37.2 Å². The Morgan fingerprint density at radius 1 is 1.43 bits per heavy atom. The lowest BCUT2D eigenvalue weighted by Gasteiger charge is -2.33. The van der Waals surface area contributed by atoms with Gasteiger partial charge in [0.1, 0.15) is 5.69 Å². The van der Waals surface area contributed by atoms with E-state index in [1.807, 2.05) is 30.3 Å². The topological polar surface area (TPSA) is 95.2 Å². The highest BCUT2D eigenvalue weighted by molar-refractivity contribution is 5.90. The van der Waals surface area contributed by atoms with Crippen LogP contribution in [0.1, 0.15) is 46.6 Å². The predicted octanol–water partition coefficient (Wildman–Crippen LogP) is 1.42. The van der Waals surface area contributed by atoms with Gasteiger partial charge in [-0.1, -0.05) is 30.3 Å². The highest BCUT2D eigenvalue weighted by Crippen LogP contribution is 2.27. The summed E-state index contributed by atoms with van der Waals surface area (Å²) in [6.45, 7) is 2.42. The van der Waals surface area contributed by atoms with Crippen LogP contribution in [0.4, 0.5) is 0 Å². The number of nitrogens with zero attached hydrogens (tertiary/aromatic N) is 2. The zero-order valence-electron chi connectivity index (χ0n) is 13.0. The summed E-state index contributed by atoms with van der Waals surface area (Å²) in [5, 5.41) is 17.3. The van der Waals surface area contributed by atoms with Crippen molar-refractivity contribution in [2.24, 2.45) is 5.73 Å². The number of amides is 1. The van der Waals surface area contributed by atoms with Crippen molar-refractivity contribution in [1.29, 1.82) is 0 Å². The van der Waals surface area contributed by atoms with Crippen molar-refractivity contribution in [1.82, 2.24) is 15.1 Å². The van der Waals surface area contributed by atoms with Crippen LogP contribution in [-0.2, 0) is 0 Å². The summed E-state index contributed by atoms with van der Waals surface area (Å²) >= 11 is 0. The third-order valence-corrected chi connectivity index (χ3v) is 4.41. The smallest absolute Gasteiger partial charge is 0.269 e. The van der Waals surface area contributed by atoms with E-state index >= 15 is 0 Å². The van der Waals surface area contributed by atoms with Crippen molar-refractivity contribution in [2.75, 3.05) is 19.6 Å². The maximum absolute atomic E-state index is 11.2. The molecule has 0 unspecified atom stereocenters. The molecule has 6 nitrogen and oxygen atoms in total. The Morgan fingerprint density at radius 2 is 2.22 bits per heavy atom. The number of β-amino-alcohol motifs (C(OH)–C–C–N with tert-alkyl or cyclic N) is 1. The fourth-order valence-corrected chi connectivity index (χ4v) is 3.17. The summed E-state index contributed by atoms with van der Waals surface area (Å²) < 4.78 is 0. The molecule has 2 heterocycles. The van der Waals surface area contributed by atoms with Crippen molar-refractivity contribution in [2.45, 2.75) is 24.9 Å². The molecule has 23 heavy (non-hydrogen) atoms. The first-order valence-corrected chi connectivity index (χ1v) is 7.94. The molecule has 1 aromatic heterocycles.